The molecule has 2 N–H and O–H groups in total. The fourth-order valence-corrected chi connectivity index (χ4v) is 2.19. The lowest BCUT2D eigenvalue weighted by Gasteiger charge is -2.10. The summed E-state index contributed by atoms with van der Waals surface area (Å²) in [6.07, 6.45) is 0. The zero-order valence-electron chi connectivity index (χ0n) is 11.2. The molecule has 21 heavy (non-hydrogen) atoms. The van der Waals surface area contributed by atoms with Crippen molar-refractivity contribution < 1.29 is 18.7 Å². The number of nitrogens with two attached hydrogens (primary N) is 1. The Morgan fingerprint density at radius 2 is 2.05 bits per heavy atom. The van der Waals surface area contributed by atoms with Gasteiger partial charge in [0.05, 0.1) is 11.6 Å². The van der Waals surface area contributed by atoms with Gasteiger partial charge in [-0.2, -0.15) is 0 Å². The number of carbonyl (C=O) groups is 1. The van der Waals surface area contributed by atoms with Gasteiger partial charge in [-0.1, -0.05) is 0 Å². The van der Waals surface area contributed by atoms with Gasteiger partial charge in [-0.25, -0.2) is 4.39 Å². The normalized spacial score (nSPS) is 10.2. The van der Waals surface area contributed by atoms with E-state index in [-0.39, 0.29) is 17.7 Å². The first kappa shape index (κ1) is 15.3. The van der Waals surface area contributed by atoms with E-state index in [1.807, 2.05) is 0 Å². The number of amides is 1. The van der Waals surface area contributed by atoms with E-state index in [0.29, 0.717) is 16.0 Å². The molecule has 4 nitrogen and oxygen atoms in total. The van der Waals surface area contributed by atoms with Crippen LogP contribution in [0.25, 0.3) is 0 Å². The summed E-state index contributed by atoms with van der Waals surface area (Å²) in [6, 6.07) is 9.10. The van der Waals surface area contributed by atoms with Gasteiger partial charge in [0.15, 0.2) is 0 Å². The van der Waals surface area contributed by atoms with Gasteiger partial charge in [0, 0.05) is 11.1 Å². The Kier molecular flexibility index (Phi) is 4.80. The molecule has 2 aromatic rings. The first-order valence-corrected chi connectivity index (χ1v) is 6.85. The molecule has 2 aromatic carbocycles. The van der Waals surface area contributed by atoms with Crippen LogP contribution >= 0.6 is 15.9 Å². The Balaban J connectivity index is 2.16. The lowest BCUT2D eigenvalue weighted by atomic mass is 10.1. The lowest BCUT2D eigenvalue weighted by molar-refractivity contribution is 0.1000. The monoisotopic (exact) mass is 353 g/mol. The number of halogens is 2. The topological polar surface area (TPSA) is 61.6 Å². The Bertz CT molecular complexity index is 676. The van der Waals surface area contributed by atoms with Crippen molar-refractivity contribution in [3.05, 3.63) is 57.8 Å². The number of hydrogen-bond acceptors (Lipinski definition) is 3. The van der Waals surface area contributed by atoms with Crippen LogP contribution in [0.3, 0.4) is 0 Å². The second kappa shape index (κ2) is 6.58. The molecule has 110 valence electrons. The predicted octanol–water partition coefficient (Wildman–Crippen LogP) is 3.27. The maximum atomic E-state index is 13.7. The molecule has 0 heterocycles. The number of carbonyl (C=O) groups excluding carboxylic acids is 1. The molecule has 1 amide bonds. The molecule has 2 rings (SSSR count). The van der Waals surface area contributed by atoms with E-state index in [2.05, 4.69) is 15.9 Å². The molecule has 0 unspecified atom stereocenters. The summed E-state index contributed by atoms with van der Waals surface area (Å²) >= 11 is 3.34. The molecule has 0 aliphatic heterocycles. The number of primary amides is 1. The predicted molar refractivity (Wildman–Crippen MR) is 79.9 cm³/mol. The molecule has 0 aliphatic rings. The largest absolute Gasteiger partial charge is 0.497 e. The van der Waals surface area contributed by atoms with Crippen LogP contribution in [0.1, 0.15) is 15.9 Å². The number of benzene rings is 2. The zero-order chi connectivity index (χ0) is 15.4. The summed E-state index contributed by atoms with van der Waals surface area (Å²) in [6.45, 7) is -0.0160. The van der Waals surface area contributed by atoms with E-state index in [9.17, 15) is 9.18 Å². The van der Waals surface area contributed by atoms with Gasteiger partial charge >= 0.3 is 0 Å². The molecule has 0 aliphatic carbocycles. The molecule has 0 fully saturated rings. The highest BCUT2D eigenvalue weighted by molar-refractivity contribution is 9.10. The first-order valence-electron chi connectivity index (χ1n) is 6.06. The molecule has 0 saturated carbocycles. The number of rotatable bonds is 5. The van der Waals surface area contributed by atoms with Crippen LogP contribution < -0.4 is 15.2 Å². The van der Waals surface area contributed by atoms with Crippen LogP contribution in [0.4, 0.5) is 4.39 Å². The smallest absolute Gasteiger partial charge is 0.248 e. The summed E-state index contributed by atoms with van der Waals surface area (Å²) in [7, 11) is 1.56. The van der Waals surface area contributed by atoms with E-state index in [4.69, 9.17) is 15.2 Å². The molecule has 0 aromatic heterocycles. The maximum absolute atomic E-state index is 13.7. The van der Waals surface area contributed by atoms with Gasteiger partial charge in [0.2, 0.25) is 5.91 Å². The average molecular weight is 354 g/mol. The Labute approximate surface area is 129 Å². The highest BCUT2D eigenvalue weighted by Crippen LogP contribution is 2.29. The Morgan fingerprint density at radius 3 is 2.67 bits per heavy atom. The standard InChI is InChI=1S/C15H13BrFNO3/c1-20-11-3-5-14(12(16)7-11)21-8-10-6-9(15(18)19)2-4-13(10)17/h2-7H,8H2,1H3,(H2,18,19). The van der Waals surface area contributed by atoms with Crippen molar-refractivity contribution in [1.29, 1.82) is 0 Å². The summed E-state index contributed by atoms with van der Waals surface area (Å²) < 4.78 is 25.0. The second-order valence-electron chi connectivity index (χ2n) is 4.26. The van der Waals surface area contributed by atoms with Crippen molar-refractivity contribution in [2.75, 3.05) is 7.11 Å². The van der Waals surface area contributed by atoms with Crippen LogP contribution in [0.5, 0.6) is 11.5 Å². The summed E-state index contributed by atoms with van der Waals surface area (Å²) in [5, 5.41) is 0. The second-order valence-corrected chi connectivity index (χ2v) is 5.11. The molecule has 0 radical (unpaired) electrons. The van der Waals surface area contributed by atoms with Gasteiger partial charge in [-0.05, 0) is 52.3 Å². The third kappa shape index (κ3) is 3.72. The van der Waals surface area contributed by atoms with Crippen molar-refractivity contribution in [2.45, 2.75) is 6.61 Å². The summed E-state index contributed by atoms with van der Waals surface area (Å²) in [5.41, 5.74) is 5.67. The van der Waals surface area contributed by atoms with Crippen LogP contribution in [-0.2, 0) is 6.61 Å². The molecule has 6 heteroatoms. The molecule has 0 saturated heterocycles. The molecular weight excluding hydrogens is 341 g/mol. The van der Waals surface area contributed by atoms with Crippen molar-refractivity contribution in [3.63, 3.8) is 0 Å². The van der Waals surface area contributed by atoms with Crippen molar-refractivity contribution in [1.82, 2.24) is 0 Å². The minimum absolute atomic E-state index is 0.0160. The minimum Gasteiger partial charge on any atom is -0.497 e. The fraction of sp³-hybridized carbons (Fsp3) is 0.133. The lowest BCUT2D eigenvalue weighted by Crippen LogP contribution is -2.12. The van der Waals surface area contributed by atoms with E-state index in [0.717, 1.165) is 0 Å². The number of hydrogen-bond donors (Lipinski definition) is 1. The molecule has 0 bridgehead atoms. The van der Waals surface area contributed by atoms with Crippen LogP contribution in [0, 0.1) is 5.82 Å². The van der Waals surface area contributed by atoms with Crippen molar-refractivity contribution >= 4 is 21.8 Å². The van der Waals surface area contributed by atoms with E-state index >= 15 is 0 Å². The maximum Gasteiger partial charge on any atom is 0.248 e. The quantitative estimate of drug-likeness (QED) is 0.897. The minimum atomic E-state index is -0.609. The van der Waals surface area contributed by atoms with Crippen LogP contribution in [0.15, 0.2) is 40.9 Å². The van der Waals surface area contributed by atoms with E-state index in [1.165, 1.54) is 18.2 Å². The van der Waals surface area contributed by atoms with Gasteiger partial charge < -0.3 is 15.2 Å². The highest BCUT2D eigenvalue weighted by atomic mass is 79.9. The van der Waals surface area contributed by atoms with Crippen LogP contribution in [0.2, 0.25) is 0 Å². The van der Waals surface area contributed by atoms with Crippen molar-refractivity contribution in [2.24, 2.45) is 5.73 Å². The zero-order valence-corrected chi connectivity index (χ0v) is 12.8. The Hall–Kier alpha value is -2.08. The third-order valence-electron chi connectivity index (χ3n) is 2.85. The van der Waals surface area contributed by atoms with Crippen molar-refractivity contribution in [3.8, 4) is 11.5 Å². The fourth-order valence-electron chi connectivity index (χ4n) is 1.72. The Morgan fingerprint density at radius 1 is 1.29 bits per heavy atom. The van der Waals surface area contributed by atoms with Gasteiger partial charge in [-0.3, -0.25) is 4.79 Å². The average Bonchev–Trinajstić information content (AvgIpc) is 2.47. The van der Waals surface area contributed by atoms with E-state index < -0.39 is 11.7 Å². The third-order valence-corrected chi connectivity index (χ3v) is 3.47. The summed E-state index contributed by atoms with van der Waals surface area (Å²) in [5.74, 6) is 0.155. The number of methoxy groups -OCH3 is 1. The molecule has 0 atom stereocenters. The van der Waals surface area contributed by atoms with Gasteiger partial charge in [0.25, 0.3) is 0 Å². The molecule has 0 spiro atoms. The van der Waals surface area contributed by atoms with Gasteiger partial charge in [-0.15, -0.1) is 0 Å². The number of ether oxygens (including phenoxy) is 2. The van der Waals surface area contributed by atoms with E-state index in [1.54, 1.807) is 25.3 Å². The first-order chi connectivity index (χ1) is 10.0. The SMILES string of the molecule is COc1ccc(OCc2cc(C(N)=O)ccc2F)c(Br)c1. The summed E-state index contributed by atoms with van der Waals surface area (Å²) in [4.78, 5) is 11.1. The highest BCUT2D eigenvalue weighted by Gasteiger charge is 2.09. The van der Waals surface area contributed by atoms with Gasteiger partial charge in [0.1, 0.15) is 23.9 Å². The molecular formula is C15H13BrFNO3. The van der Waals surface area contributed by atoms with Crippen LogP contribution in [-0.4, -0.2) is 13.0 Å².